The lowest BCUT2D eigenvalue weighted by Gasteiger charge is -2.42. The number of hydrogen-bond donors (Lipinski definition) is 1. The number of nitrogens with zero attached hydrogens (tertiary/aromatic N) is 4. The van der Waals surface area contributed by atoms with Crippen LogP contribution in [0.5, 0.6) is 0 Å². The lowest BCUT2D eigenvalue weighted by Crippen LogP contribution is -2.57. The van der Waals surface area contributed by atoms with E-state index in [4.69, 9.17) is 5.26 Å². The molecule has 0 aromatic heterocycles. The Morgan fingerprint density at radius 1 is 1.17 bits per heavy atom. The molecule has 0 spiro atoms. The Morgan fingerprint density at radius 3 is 2.58 bits per heavy atom. The predicted octanol–water partition coefficient (Wildman–Crippen LogP) is 2.91. The molecule has 10 heteroatoms. The number of hydrogen-bond acceptors (Lipinski definition) is 7. The Labute approximate surface area is 226 Å². The zero-order valence-corrected chi connectivity index (χ0v) is 23.4. The van der Waals surface area contributed by atoms with Gasteiger partial charge in [-0.3, -0.25) is 9.69 Å². The van der Waals surface area contributed by atoms with Crippen LogP contribution in [0.3, 0.4) is 0 Å². The zero-order valence-electron chi connectivity index (χ0n) is 20.4. The molecule has 0 aliphatic carbocycles. The highest BCUT2D eigenvalue weighted by atomic mass is 127. The molecule has 1 saturated heterocycles. The van der Waals surface area contributed by atoms with E-state index in [0.29, 0.717) is 31.6 Å². The topological polar surface area (TPSA) is 96.8 Å². The normalized spacial score (nSPS) is 20.7. The molecule has 8 nitrogen and oxygen atoms in total. The van der Waals surface area contributed by atoms with Gasteiger partial charge < -0.3 is 15.1 Å². The lowest BCUT2D eigenvalue weighted by atomic mass is 10.1. The number of piperazine rings is 1. The van der Waals surface area contributed by atoms with Crippen LogP contribution in [0, 0.1) is 14.9 Å². The third kappa shape index (κ3) is 6.57. The van der Waals surface area contributed by atoms with Crippen molar-refractivity contribution >= 4 is 44.0 Å². The van der Waals surface area contributed by atoms with Gasteiger partial charge in [0.2, 0.25) is 5.91 Å². The summed E-state index contributed by atoms with van der Waals surface area (Å²) in [5, 5.41) is 12.4. The fourth-order valence-corrected chi connectivity index (χ4v) is 5.85. The van der Waals surface area contributed by atoms with Crippen molar-refractivity contribution in [3.8, 4) is 6.07 Å². The molecule has 2 aliphatic rings. The molecule has 2 aromatic carbocycles. The quantitative estimate of drug-likeness (QED) is 0.454. The number of carbonyl (C=O) groups excluding carboxylic acids is 1. The number of sulfone groups is 1. The summed E-state index contributed by atoms with van der Waals surface area (Å²) in [6.45, 7) is 3.94. The van der Waals surface area contributed by atoms with E-state index >= 15 is 0 Å². The molecule has 1 amide bonds. The first-order valence-corrected chi connectivity index (χ1v) is 15.0. The molecule has 0 radical (unpaired) electrons. The first kappa shape index (κ1) is 26.4. The molecule has 2 aliphatic heterocycles. The van der Waals surface area contributed by atoms with Crippen LogP contribution in [0.2, 0.25) is 0 Å². The predicted molar refractivity (Wildman–Crippen MR) is 149 cm³/mol. The number of anilines is 1. The standard InChI is InChI=1S/C26H30IN5O3S/c1-19-29-14-25(31(19)15-21-8-6-20(13-28)7-9-21)16-30-18-26(33)32(23-5-3-4-22(27)12-23)17-24(30)10-11-36(2,34)35/h3-9,12,14,19,24,29H,10-11,15-18H2,1-2H3/t19?,24-/m0/s1. The van der Waals surface area contributed by atoms with E-state index in [2.05, 4.69) is 50.7 Å². The van der Waals surface area contributed by atoms with Gasteiger partial charge in [0, 0.05) is 53.1 Å². The molecular formula is C26H30IN5O3S. The van der Waals surface area contributed by atoms with Gasteiger partial charge in [-0.25, -0.2) is 8.42 Å². The third-order valence-corrected chi connectivity index (χ3v) is 8.27. The van der Waals surface area contributed by atoms with Crippen LogP contribution in [0.15, 0.2) is 60.4 Å². The second kappa shape index (κ2) is 11.2. The van der Waals surface area contributed by atoms with Gasteiger partial charge in [0.05, 0.1) is 30.1 Å². The van der Waals surface area contributed by atoms with Crippen LogP contribution in [-0.4, -0.2) is 68.0 Å². The average molecular weight is 620 g/mol. The monoisotopic (exact) mass is 619 g/mol. The maximum Gasteiger partial charge on any atom is 0.241 e. The molecule has 1 unspecified atom stereocenters. The second-order valence-electron chi connectivity index (χ2n) is 9.38. The van der Waals surface area contributed by atoms with Crippen molar-refractivity contribution in [2.24, 2.45) is 0 Å². The molecule has 2 atom stereocenters. The van der Waals surface area contributed by atoms with Crippen LogP contribution >= 0.6 is 22.6 Å². The molecule has 0 saturated carbocycles. The van der Waals surface area contributed by atoms with Gasteiger partial charge in [-0.2, -0.15) is 5.26 Å². The molecular weight excluding hydrogens is 589 g/mol. The molecule has 1 N–H and O–H groups in total. The Bertz CT molecular complexity index is 1290. The van der Waals surface area contributed by atoms with Crippen LogP contribution in [0.4, 0.5) is 5.69 Å². The van der Waals surface area contributed by atoms with Crippen molar-refractivity contribution in [1.29, 1.82) is 5.26 Å². The molecule has 4 rings (SSSR count). The second-order valence-corrected chi connectivity index (χ2v) is 12.9. The highest BCUT2D eigenvalue weighted by Gasteiger charge is 2.35. The van der Waals surface area contributed by atoms with Gasteiger partial charge in [0.25, 0.3) is 0 Å². The minimum absolute atomic E-state index is 0.00542. The van der Waals surface area contributed by atoms with Crippen LogP contribution in [0.25, 0.3) is 0 Å². The third-order valence-electron chi connectivity index (χ3n) is 6.62. The van der Waals surface area contributed by atoms with Crippen molar-refractivity contribution in [1.82, 2.24) is 15.1 Å². The first-order chi connectivity index (χ1) is 17.1. The first-order valence-electron chi connectivity index (χ1n) is 11.8. The smallest absolute Gasteiger partial charge is 0.241 e. The van der Waals surface area contributed by atoms with E-state index in [1.165, 1.54) is 6.26 Å². The fourth-order valence-electron chi connectivity index (χ4n) is 4.62. The van der Waals surface area contributed by atoms with Gasteiger partial charge in [-0.15, -0.1) is 0 Å². The summed E-state index contributed by atoms with van der Waals surface area (Å²) in [7, 11) is -3.13. The summed E-state index contributed by atoms with van der Waals surface area (Å²) < 4.78 is 25.0. The number of amides is 1. The van der Waals surface area contributed by atoms with Crippen molar-refractivity contribution in [2.75, 3.05) is 36.5 Å². The number of nitrogens with one attached hydrogen (secondary N) is 1. The van der Waals surface area contributed by atoms with Crippen molar-refractivity contribution < 1.29 is 13.2 Å². The van der Waals surface area contributed by atoms with Crippen molar-refractivity contribution in [3.05, 3.63) is 75.1 Å². The number of carbonyl (C=O) groups is 1. The Hall–Kier alpha value is -2.62. The summed E-state index contributed by atoms with van der Waals surface area (Å²) in [5.74, 6) is 0.0800. The summed E-state index contributed by atoms with van der Waals surface area (Å²) in [6.07, 6.45) is 3.78. The maximum atomic E-state index is 13.2. The molecule has 1 fully saturated rings. The van der Waals surface area contributed by atoms with E-state index in [1.807, 2.05) is 54.7 Å². The van der Waals surface area contributed by atoms with E-state index in [1.54, 1.807) is 4.90 Å². The van der Waals surface area contributed by atoms with E-state index in [-0.39, 0.29) is 30.4 Å². The highest BCUT2D eigenvalue weighted by molar-refractivity contribution is 14.1. The Balaban J connectivity index is 1.52. The van der Waals surface area contributed by atoms with Gasteiger partial charge >= 0.3 is 0 Å². The number of halogens is 1. The molecule has 190 valence electrons. The summed E-state index contributed by atoms with van der Waals surface area (Å²) >= 11 is 2.23. The Kier molecular flexibility index (Phi) is 8.22. The highest BCUT2D eigenvalue weighted by Crippen LogP contribution is 2.26. The zero-order chi connectivity index (χ0) is 25.9. The lowest BCUT2D eigenvalue weighted by molar-refractivity contribution is -0.122. The minimum atomic E-state index is -3.13. The number of benzene rings is 2. The number of rotatable bonds is 8. The summed E-state index contributed by atoms with van der Waals surface area (Å²) in [6, 6.07) is 17.4. The number of nitriles is 1. The summed E-state index contributed by atoms with van der Waals surface area (Å²) in [5.41, 5.74) is 3.60. The molecule has 0 bridgehead atoms. The van der Waals surface area contributed by atoms with Crippen molar-refractivity contribution in [2.45, 2.75) is 32.1 Å². The van der Waals surface area contributed by atoms with Gasteiger partial charge in [-0.05, 0) is 71.8 Å². The van der Waals surface area contributed by atoms with Crippen LogP contribution in [-0.2, 0) is 21.2 Å². The minimum Gasteiger partial charge on any atom is -0.370 e. The van der Waals surface area contributed by atoms with Crippen LogP contribution in [0.1, 0.15) is 24.5 Å². The molecule has 2 aromatic rings. The van der Waals surface area contributed by atoms with E-state index < -0.39 is 9.84 Å². The van der Waals surface area contributed by atoms with Crippen LogP contribution < -0.4 is 10.2 Å². The average Bonchev–Trinajstić information content (AvgIpc) is 3.17. The van der Waals surface area contributed by atoms with Gasteiger partial charge in [-0.1, -0.05) is 18.2 Å². The Morgan fingerprint density at radius 2 is 1.92 bits per heavy atom. The largest absolute Gasteiger partial charge is 0.370 e. The van der Waals surface area contributed by atoms with Gasteiger partial charge in [0.1, 0.15) is 9.84 Å². The fraction of sp³-hybridized carbons (Fsp3) is 0.385. The molecule has 2 heterocycles. The van der Waals surface area contributed by atoms with E-state index in [9.17, 15) is 13.2 Å². The summed E-state index contributed by atoms with van der Waals surface area (Å²) in [4.78, 5) is 19.4. The van der Waals surface area contributed by atoms with Gasteiger partial charge in [0.15, 0.2) is 0 Å². The SMILES string of the molecule is CC1NC=C(CN2CC(=O)N(c3cccc(I)c3)C[C@@H]2CCS(C)(=O)=O)N1Cc1ccc(C#N)cc1. The van der Waals surface area contributed by atoms with E-state index in [0.717, 1.165) is 20.5 Å². The molecule has 36 heavy (non-hydrogen) atoms. The van der Waals surface area contributed by atoms with Crippen molar-refractivity contribution in [3.63, 3.8) is 0 Å². The maximum absolute atomic E-state index is 13.2.